The highest BCUT2D eigenvalue weighted by Crippen LogP contribution is 2.32. The van der Waals surface area contributed by atoms with E-state index >= 15 is 0 Å². The van der Waals surface area contributed by atoms with E-state index in [1.54, 1.807) is 0 Å². The average Bonchev–Trinajstić information content (AvgIpc) is 3.23. The predicted octanol–water partition coefficient (Wildman–Crippen LogP) is 2.95. The van der Waals surface area contributed by atoms with Crippen LogP contribution in [0.5, 0.6) is 0 Å². The molecule has 1 saturated carbocycles. The summed E-state index contributed by atoms with van der Waals surface area (Å²) in [6, 6.07) is 0.536. The van der Waals surface area contributed by atoms with Crippen LogP contribution in [0, 0.1) is 0 Å². The van der Waals surface area contributed by atoms with Crippen LogP contribution in [0.15, 0.2) is 4.42 Å². The third-order valence-electron chi connectivity index (χ3n) is 5.00. The fourth-order valence-corrected chi connectivity index (χ4v) is 3.79. The lowest BCUT2D eigenvalue weighted by atomic mass is 9.89. The number of fused-ring (bicyclic) bond motifs is 1. The molecule has 2 aliphatic rings. The summed E-state index contributed by atoms with van der Waals surface area (Å²) >= 11 is 0. The Bertz CT molecular complexity index is 654. The van der Waals surface area contributed by atoms with Gasteiger partial charge in [0.05, 0.1) is 17.9 Å². The number of hydrogen-bond acceptors (Lipinski definition) is 5. The van der Waals surface area contributed by atoms with Gasteiger partial charge in [-0.2, -0.15) is 5.10 Å². The normalized spacial score (nSPS) is 18.6. The Morgan fingerprint density at radius 1 is 1.14 bits per heavy atom. The lowest BCUT2D eigenvalue weighted by Crippen LogP contribution is -2.08. The van der Waals surface area contributed by atoms with E-state index in [0.717, 1.165) is 18.7 Å². The molecule has 0 radical (unpaired) electrons. The lowest BCUT2D eigenvalue weighted by molar-refractivity contribution is 0.367. The smallest absolute Gasteiger partial charge is 0.315 e. The molecule has 2 aromatic rings. The number of rotatable bonds is 4. The van der Waals surface area contributed by atoms with Crippen LogP contribution in [0.3, 0.4) is 0 Å². The van der Waals surface area contributed by atoms with Crippen LogP contribution in [0.2, 0.25) is 0 Å². The third kappa shape index (κ3) is 2.51. The van der Waals surface area contributed by atoms with E-state index in [1.165, 1.54) is 55.5 Å². The van der Waals surface area contributed by atoms with Crippen molar-refractivity contribution in [2.75, 3.05) is 5.32 Å². The minimum absolute atomic E-state index is 0.456. The SMILES string of the molecule is Cn1nc2c(c1CNc1nnc(C3CCCCC3)o1)CCC2. The maximum Gasteiger partial charge on any atom is 0.315 e. The van der Waals surface area contributed by atoms with Crippen molar-refractivity contribution in [3.8, 4) is 0 Å². The molecule has 0 atom stereocenters. The number of nitrogens with one attached hydrogen (secondary N) is 1. The van der Waals surface area contributed by atoms with Crippen molar-refractivity contribution in [1.82, 2.24) is 20.0 Å². The fourth-order valence-electron chi connectivity index (χ4n) is 3.79. The second-order valence-corrected chi connectivity index (χ2v) is 6.48. The number of anilines is 1. The van der Waals surface area contributed by atoms with Gasteiger partial charge in [0.2, 0.25) is 5.89 Å². The summed E-state index contributed by atoms with van der Waals surface area (Å²) in [5.74, 6) is 1.26. The number of hydrogen-bond donors (Lipinski definition) is 1. The summed E-state index contributed by atoms with van der Waals surface area (Å²) < 4.78 is 7.80. The van der Waals surface area contributed by atoms with Crippen LogP contribution in [0.1, 0.15) is 67.3 Å². The molecule has 22 heavy (non-hydrogen) atoms. The minimum atomic E-state index is 0.456. The third-order valence-corrected chi connectivity index (χ3v) is 5.00. The molecule has 1 N–H and O–H groups in total. The highest BCUT2D eigenvalue weighted by Gasteiger charge is 2.23. The van der Waals surface area contributed by atoms with Crippen molar-refractivity contribution in [3.63, 3.8) is 0 Å². The Labute approximate surface area is 130 Å². The van der Waals surface area contributed by atoms with Gasteiger partial charge in [0, 0.05) is 13.0 Å². The van der Waals surface area contributed by atoms with Crippen molar-refractivity contribution < 1.29 is 4.42 Å². The van der Waals surface area contributed by atoms with Gasteiger partial charge in [-0.25, -0.2) is 0 Å². The first-order chi connectivity index (χ1) is 10.8. The van der Waals surface area contributed by atoms with Crippen LogP contribution in [0.25, 0.3) is 0 Å². The zero-order chi connectivity index (χ0) is 14.9. The Morgan fingerprint density at radius 3 is 2.86 bits per heavy atom. The molecule has 0 bridgehead atoms. The van der Waals surface area contributed by atoms with Crippen molar-refractivity contribution >= 4 is 6.01 Å². The van der Waals surface area contributed by atoms with E-state index in [9.17, 15) is 0 Å². The summed E-state index contributed by atoms with van der Waals surface area (Å²) in [7, 11) is 2.01. The quantitative estimate of drug-likeness (QED) is 0.940. The first kappa shape index (κ1) is 13.8. The van der Waals surface area contributed by atoms with Crippen molar-refractivity contribution in [1.29, 1.82) is 0 Å². The van der Waals surface area contributed by atoms with Crippen LogP contribution in [-0.2, 0) is 26.4 Å². The Hall–Kier alpha value is -1.85. The predicted molar refractivity (Wildman–Crippen MR) is 82.7 cm³/mol. The van der Waals surface area contributed by atoms with Gasteiger partial charge in [0.15, 0.2) is 0 Å². The molecule has 4 rings (SSSR count). The summed E-state index contributed by atoms with van der Waals surface area (Å²) in [4.78, 5) is 0. The highest BCUT2D eigenvalue weighted by molar-refractivity contribution is 5.33. The van der Waals surface area contributed by atoms with Gasteiger partial charge in [-0.05, 0) is 37.7 Å². The average molecular weight is 301 g/mol. The summed E-state index contributed by atoms with van der Waals surface area (Å²) in [5.41, 5.74) is 3.90. The highest BCUT2D eigenvalue weighted by atomic mass is 16.4. The molecular weight excluding hydrogens is 278 g/mol. The number of aryl methyl sites for hydroxylation is 2. The molecule has 2 aromatic heterocycles. The second kappa shape index (κ2) is 5.74. The Kier molecular flexibility index (Phi) is 3.60. The van der Waals surface area contributed by atoms with Gasteiger partial charge >= 0.3 is 6.01 Å². The molecule has 2 aliphatic carbocycles. The first-order valence-corrected chi connectivity index (χ1v) is 8.42. The van der Waals surface area contributed by atoms with Crippen molar-refractivity contribution in [3.05, 3.63) is 22.8 Å². The largest absolute Gasteiger partial charge is 0.408 e. The van der Waals surface area contributed by atoms with Crippen LogP contribution < -0.4 is 5.32 Å². The molecule has 2 heterocycles. The lowest BCUT2D eigenvalue weighted by Gasteiger charge is -2.17. The van der Waals surface area contributed by atoms with E-state index < -0.39 is 0 Å². The monoisotopic (exact) mass is 301 g/mol. The maximum absolute atomic E-state index is 5.82. The van der Waals surface area contributed by atoms with E-state index in [4.69, 9.17) is 4.42 Å². The minimum Gasteiger partial charge on any atom is -0.408 e. The van der Waals surface area contributed by atoms with Gasteiger partial charge < -0.3 is 9.73 Å². The summed E-state index contributed by atoms with van der Waals surface area (Å²) in [6.45, 7) is 0.700. The number of nitrogens with zero attached hydrogens (tertiary/aromatic N) is 4. The van der Waals surface area contributed by atoms with Crippen molar-refractivity contribution in [2.24, 2.45) is 7.05 Å². The van der Waals surface area contributed by atoms with E-state index in [2.05, 4.69) is 20.6 Å². The van der Waals surface area contributed by atoms with Crippen molar-refractivity contribution in [2.45, 2.75) is 63.8 Å². The van der Waals surface area contributed by atoms with Gasteiger partial charge in [0.25, 0.3) is 0 Å². The molecule has 0 amide bonds. The molecule has 0 aromatic carbocycles. The van der Waals surface area contributed by atoms with Crippen LogP contribution >= 0.6 is 0 Å². The standard InChI is InChI=1S/C16H23N5O/c1-21-14(12-8-5-9-13(12)20-21)10-17-16-19-18-15(22-16)11-6-3-2-4-7-11/h11H,2-10H2,1H3,(H,17,19). The molecule has 0 aliphatic heterocycles. The molecule has 0 unspecified atom stereocenters. The van der Waals surface area contributed by atoms with Gasteiger partial charge in [-0.15, -0.1) is 5.10 Å². The molecule has 1 fully saturated rings. The zero-order valence-corrected chi connectivity index (χ0v) is 13.1. The number of aromatic nitrogens is 4. The van der Waals surface area contributed by atoms with Crippen LogP contribution in [-0.4, -0.2) is 20.0 Å². The first-order valence-electron chi connectivity index (χ1n) is 8.42. The molecule has 6 nitrogen and oxygen atoms in total. The van der Waals surface area contributed by atoms with Gasteiger partial charge in [0.1, 0.15) is 0 Å². The molecular formula is C16H23N5O. The molecule has 118 valence electrons. The van der Waals surface area contributed by atoms with Crippen LogP contribution in [0.4, 0.5) is 6.01 Å². The van der Waals surface area contributed by atoms with Gasteiger partial charge in [-0.3, -0.25) is 4.68 Å². The molecule has 0 spiro atoms. The van der Waals surface area contributed by atoms with E-state index in [0.29, 0.717) is 18.5 Å². The van der Waals surface area contributed by atoms with Gasteiger partial charge in [-0.1, -0.05) is 24.4 Å². The topological polar surface area (TPSA) is 68.8 Å². The second-order valence-electron chi connectivity index (χ2n) is 6.48. The molecule has 0 saturated heterocycles. The Morgan fingerprint density at radius 2 is 2.00 bits per heavy atom. The summed E-state index contributed by atoms with van der Waals surface area (Å²) in [6.07, 6.45) is 9.70. The zero-order valence-electron chi connectivity index (χ0n) is 13.1. The Balaban J connectivity index is 1.43. The molecule has 6 heteroatoms. The maximum atomic E-state index is 5.82. The summed E-state index contributed by atoms with van der Waals surface area (Å²) in [5, 5.41) is 16.3. The fraction of sp³-hybridized carbons (Fsp3) is 0.688. The van der Waals surface area contributed by atoms with E-state index in [-0.39, 0.29) is 0 Å². The van der Waals surface area contributed by atoms with E-state index in [1.807, 2.05) is 11.7 Å².